The fraction of sp³-hybridized carbons (Fsp3) is 0.292. The molecule has 2 heterocycles. The molecule has 1 atom stereocenters. The van der Waals surface area contributed by atoms with E-state index >= 15 is 0 Å². The number of carbonyl (C=O) groups is 2. The summed E-state index contributed by atoms with van der Waals surface area (Å²) >= 11 is 6.55. The molecule has 0 saturated carbocycles. The predicted molar refractivity (Wildman–Crippen MR) is 127 cm³/mol. The fourth-order valence-corrected chi connectivity index (χ4v) is 4.28. The number of amides is 2. The maximum absolute atomic E-state index is 13.1. The van der Waals surface area contributed by atoms with Crippen molar-refractivity contribution in [3.05, 3.63) is 59.1 Å². The largest absolute Gasteiger partial charge is 0.465 e. The smallest absolute Gasteiger partial charge is 0.407 e. The summed E-state index contributed by atoms with van der Waals surface area (Å²) in [6, 6.07) is 14.9. The molecule has 1 unspecified atom stereocenters. The van der Waals surface area contributed by atoms with E-state index in [9.17, 15) is 14.7 Å². The Morgan fingerprint density at radius 3 is 2.59 bits per heavy atom. The Morgan fingerprint density at radius 2 is 1.91 bits per heavy atom. The average Bonchev–Trinajstić information content (AvgIpc) is 2.77. The number of pyridine rings is 1. The highest BCUT2D eigenvalue weighted by molar-refractivity contribution is 6.35. The van der Waals surface area contributed by atoms with Crippen LogP contribution in [-0.2, 0) is 0 Å². The number of nitrogens with zero attached hydrogens (tertiary/aromatic N) is 4. The minimum absolute atomic E-state index is 0.137. The number of anilines is 1. The van der Waals surface area contributed by atoms with Crippen LogP contribution < -0.4 is 4.90 Å². The second kappa shape index (κ2) is 8.67. The van der Waals surface area contributed by atoms with Gasteiger partial charge in [-0.05, 0) is 37.3 Å². The van der Waals surface area contributed by atoms with Gasteiger partial charge in [0.1, 0.15) is 0 Å². The van der Waals surface area contributed by atoms with E-state index in [2.05, 4.69) is 0 Å². The number of rotatable bonds is 3. The second-order valence-electron chi connectivity index (χ2n) is 8.24. The maximum atomic E-state index is 13.1. The highest BCUT2D eigenvalue weighted by Gasteiger charge is 2.30. The van der Waals surface area contributed by atoms with Gasteiger partial charge in [0.05, 0.1) is 16.2 Å². The first-order valence-corrected chi connectivity index (χ1v) is 10.8. The quantitative estimate of drug-likeness (QED) is 0.635. The zero-order valence-electron chi connectivity index (χ0n) is 18.2. The van der Waals surface area contributed by atoms with Crippen LogP contribution in [0.3, 0.4) is 0 Å². The zero-order chi connectivity index (χ0) is 23.0. The van der Waals surface area contributed by atoms with Crippen LogP contribution in [0.15, 0.2) is 48.5 Å². The van der Waals surface area contributed by atoms with Crippen LogP contribution in [0.1, 0.15) is 17.3 Å². The van der Waals surface area contributed by atoms with Gasteiger partial charge in [0, 0.05) is 62.0 Å². The molecular weight excluding hydrogens is 428 g/mol. The molecule has 1 aromatic heterocycles. The van der Waals surface area contributed by atoms with E-state index in [0.717, 1.165) is 22.3 Å². The standard InChI is InChI=1S/C24H25ClN4O3/c1-15-14-28(9-10-29(15)24(31)32)23(30)17-7-8-19-20(25)13-21(26-22(19)12-17)16-5-4-6-18(11-16)27(2)3/h4-8,11-13,15H,9-10,14H2,1-3H3,(H,31,32). The Labute approximate surface area is 191 Å². The molecule has 0 aliphatic carbocycles. The fourth-order valence-electron chi connectivity index (χ4n) is 4.02. The SMILES string of the molecule is CC1CN(C(=O)c2ccc3c(Cl)cc(-c4cccc(N(C)C)c4)nc3c2)CCN1C(=O)O. The molecule has 1 saturated heterocycles. The highest BCUT2D eigenvalue weighted by atomic mass is 35.5. The molecule has 1 aliphatic heterocycles. The van der Waals surface area contributed by atoms with Gasteiger partial charge in [0.15, 0.2) is 0 Å². The van der Waals surface area contributed by atoms with Crippen molar-refractivity contribution in [2.75, 3.05) is 38.6 Å². The Balaban J connectivity index is 1.66. The van der Waals surface area contributed by atoms with E-state index in [1.165, 1.54) is 4.90 Å². The van der Waals surface area contributed by atoms with Gasteiger partial charge < -0.3 is 19.8 Å². The van der Waals surface area contributed by atoms with Crippen LogP contribution in [0, 0.1) is 0 Å². The van der Waals surface area contributed by atoms with Crippen LogP contribution in [0.4, 0.5) is 10.5 Å². The van der Waals surface area contributed by atoms with Crippen molar-refractivity contribution in [3.63, 3.8) is 0 Å². The van der Waals surface area contributed by atoms with Gasteiger partial charge in [0.2, 0.25) is 0 Å². The number of hydrogen-bond donors (Lipinski definition) is 1. The lowest BCUT2D eigenvalue weighted by molar-refractivity contribution is 0.0507. The third kappa shape index (κ3) is 4.21. The topological polar surface area (TPSA) is 77.0 Å². The number of benzene rings is 2. The number of aromatic nitrogens is 1. The lowest BCUT2D eigenvalue weighted by Crippen LogP contribution is -2.55. The number of piperazine rings is 1. The van der Waals surface area contributed by atoms with Gasteiger partial charge >= 0.3 is 6.09 Å². The Kier molecular flexibility index (Phi) is 5.93. The van der Waals surface area contributed by atoms with Gasteiger partial charge in [0.25, 0.3) is 5.91 Å². The molecule has 166 valence electrons. The number of carbonyl (C=O) groups excluding carboxylic acids is 1. The molecule has 2 amide bonds. The normalized spacial score (nSPS) is 16.3. The molecule has 1 N–H and O–H groups in total. The van der Waals surface area contributed by atoms with Gasteiger partial charge in [-0.1, -0.05) is 29.8 Å². The third-order valence-electron chi connectivity index (χ3n) is 5.83. The summed E-state index contributed by atoms with van der Waals surface area (Å²) in [6.45, 7) is 2.82. The molecule has 4 rings (SSSR count). The minimum atomic E-state index is -0.958. The van der Waals surface area contributed by atoms with Crippen molar-refractivity contribution in [1.29, 1.82) is 0 Å². The van der Waals surface area contributed by atoms with Crippen molar-refractivity contribution < 1.29 is 14.7 Å². The number of carboxylic acid groups (broad SMARTS) is 1. The van der Waals surface area contributed by atoms with Crippen LogP contribution in [0.5, 0.6) is 0 Å². The monoisotopic (exact) mass is 452 g/mol. The first kappa shape index (κ1) is 21.9. The van der Waals surface area contributed by atoms with E-state index in [1.54, 1.807) is 17.0 Å². The summed E-state index contributed by atoms with van der Waals surface area (Å²) in [7, 11) is 3.96. The average molecular weight is 453 g/mol. The first-order chi connectivity index (χ1) is 15.2. The summed E-state index contributed by atoms with van der Waals surface area (Å²) in [6.07, 6.45) is -0.958. The van der Waals surface area contributed by atoms with Crippen LogP contribution in [-0.4, -0.2) is 71.7 Å². The van der Waals surface area contributed by atoms with Gasteiger partial charge in [-0.2, -0.15) is 0 Å². The summed E-state index contributed by atoms with van der Waals surface area (Å²) in [5.41, 5.74) is 3.89. The maximum Gasteiger partial charge on any atom is 0.407 e. The minimum Gasteiger partial charge on any atom is -0.465 e. The zero-order valence-corrected chi connectivity index (χ0v) is 19.0. The van der Waals surface area contributed by atoms with Crippen LogP contribution >= 0.6 is 11.6 Å². The Bertz CT molecular complexity index is 1200. The summed E-state index contributed by atoms with van der Waals surface area (Å²) in [4.78, 5) is 34.3. The molecule has 7 nitrogen and oxygen atoms in total. The van der Waals surface area contributed by atoms with E-state index in [-0.39, 0.29) is 11.9 Å². The molecule has 32 heavy (non-hydrogen) atoms. The first-order valence-electron chi connectivity index (χ1n) is 10.4. The number of hydrogen-bond acceptors (Lipinski definition) is 4. The lowest BCUT2D eigenvalue weighted by Gasteiger charge is -2.38. The molecule has 0 radical (unpaired) electrons. The summed E-state index contributed by atoms with van der Waals surface area (Å²) < 4.78 is 0. The van der Waals surface area contributed by atoms with E-state index in [1.807, 2.05) is 62.3 Å². The van der Waals surface area contributed by atoms with Crippen molar-refractivity contribution >= 4 is 40.2 Å². The molecule has 0 spiro atoms. The highest BCUT2D eigenvalue weighted by Crippen LogP contribution is 2.30. The molecule has 0 bridgehead atoms. The molecular formula is C24H25ClN4O3. The molecule has 1 fully saturated rings. The van der Waals surface area contributed by atoms with Crippen LogP contribution in [0.25, 0.3) is 22.2 Å². The molecule has 3 aromatic rings. The lowest BCUT2D eigenvalue weighted by atomic mass is 10.1. The van der Waals surface area contributed by atoms with Crippen molar-refractivity contribution in [1.82, 2.24) is 14.8 Å². The molecule has 1 aliphatic rings. The van der Waals surface area contributed by atoms with Crippen molar-refractivity contribution in [2.24, 2.45) is 0 Å². The van der Waals surface area contributed by atoms with E-state index in [0.29, 0.717) is 35.7 Å². The molecule has 8 heteroatoms. The summed E-state index contributed by atoms with van der Waals surface area (Å²) in [5, 5.41) is 10.6. The van der Waals surface area contributed by atoms with Crippen molar-refractivity contribution in [3.8, 4) is 11.3 Å². The second-order valence-corrected chi connectivity index (χ2v) is 8.65. The third-order valence-corrected chi connectivity index (χ3v) is 6.14. The van der Waals surface area contributed by atoms with Gasteiger partial charge in [-0.25, -0.2) is 9.78 Å². The predicted octanol–water partition coefficient (Wildman–Crippen LogP) is 4.45. The van der Waals surface area contributed by atoms with Gasteiger partial charge in [-0.3, -0.25) is 4.79 Å². The van der Waals surface area contributed by atoms with E-state index < -0.39 is 6.09 Å². The number of halogens is 1. The number of fused-ring (bicyclic) bond motifs is 1. The van der Waals surface area contributed by atoms with Gasteiger partial charge in [-0.15, -0.1) is 0 Å². The van der Waals surface area contributed by atoms with Crippen LogP contribution in [0.2, 0.25) is 5.02 Å². The molecule has 2 aromatic carbocycles. The Morgan fingerprint density at radius 1 is 1.12 bits per heavy atom. The summed E-state index contributed by atoms with van der Waals surface area (Å²) in [5.74, 6) is -0.137. The van der Waals surface area contributed by atoms with Crippen molar-refractivity contribution in [2.45, 2.75) is 13.0 Å². The Hall–Kier alpha value is -3.32. The van der Waals surface area contributed by atoms with E-state index in [4.69, 9.17) is 16.6 Å².